The molecule has 0 aromatic heterocycles. The van der Waals surface area contributed by atoms with Crippen molar-refractivity contribution in [2.75, 3.05) is 13.2 Å². The van der Waals surface area contributed by atoms with Crippen LogP contribution in [0.3, 0.4) is 0 Å². The minimum atomic E-state index is -1.30. The minimum absolute atomic E-state index is 0.265. The zero-order valence-electron chi connectivity index (χ0n) is 6.70. The summed E-state index contributed by atoms with van der Waals surface area (Å²) in [5.74, 6) is 0. The molecule has 4 unspecified atom stereocenters. The van der Waals surface area contributed by atoms with Gasteiger partial charge in [0.1, 0.15) is 11.7 Å². The highest BCUT2D eigenvalue weighted by Gasteiger charge is 2.85. The lowest BCUT2D eigenvalue weighted by Gasteiger charge is -2.25. The summed E-state index contributed by atoms with van der Waals surface area (Å²) in [5.41, 5.74) is -3.22. The second-order valence-corrected chi connectivity index (χ2v) is 3.92. The third-order valence-electron chi connectivity index (χ3n) is 3.03. The average Bonchev–Trinajstić information content (AvgIpc) is 2.84. The molecule has 3 fully saturated rings. The van der Waals surface area contributed by atoms with Gasteiger partial charge in [-0.1, -0.05) is 0 Å². The Hall–Kier alpha value is -0.200. The predicted molar refractivity (Wildman–Crippen MR) is 37.1 cm³/mol. The Kier molecular flexibility index (Phi) is 0.938. The largest absolute Gasteiger partial charge is 0.383 e. The fraction of sp³-hybridized carbons (Fsp3) is 1.00. The highest BCUT2D eigenvalue weighted by Crippen LogP contribution is 2.56. The van der Waals surface area contributed by atoms with Crippen LogP contribution in [0.1, 0.15) is 6.92 Å². The van der Waals surface area contributed by atoms with Gasteiger partial charge in [-0.2, -0.15) is 0 Å². The van der Waals surface area contributed by atoms with Crippen molar-refractivity contribution in [1.29, 1.82) is 0 Å². The summed E-state index contributed by atoms with van der Waals surface area (Å²) < 4.78 is 9.97. The molecule has 3 aliphatic heterocycles. The van der Waals surface area contributed by atoms with Gasteiger partial charge in [-0.3, -0.25) is 0 Å². The fourth-order valence-corrected chi connectivity index (χ4v) is 1.76. The van der Waals surface area contributed by atoms with Gasteiger partial charge in [0.25, 0.3) is 0 Å². The van der Waals surface area contributed by atoms with E-state index in [1.165, 1.54) is 0 Å². The van der Waals surface area contributed by atoms with E-state index < -0.39 is 17.1 Å². The Balaban J connectivity index is 1.87. The van der Waals surface area contributed by atoms with Crippen molar-refractivity contribution >= 4 is 0 Å². The monoisotopic (exact) mass is 173 g/mol. The van der Waals surface area contributed by atoms with Crippen molar-refractivity contribution in [2.45, 2.75) is 30.1 Å². The average molecular weight is 173 g/mol. The van der Waals surface area contributed by atoms with Crippen LogP contribution in [0.15, 0.2) is 0 Å². The summed E-state index contributed by atoms with van der Waals surface area (Å²) in [6.07, 6.45) is -0.265. The molecule has 0 bridgehead atoms. The van der Waals surface area contributed by atoms with Crippen LogP contribution < -0.4 is 5.32 Å². The molecule has 0 saturated carbocycles. The number of aliphatic hydroxyl groups is 2. The molecule has 5 heteroatoms. The van der Waals surface area contributed by atoms with E-state index in [0.717, 1.165) is 0 Å². The van der Waals surface area contributed by atoms with Gasteiger partial charge >= 0.3 is 0 Å². The second-order valence-electron chi connectivity index (χ2n) is 3.92. The summed E-state index contributed by atoms with van der Waals surface area (Å²) in [6, 6.07) is 0. The van der Waals surface area contributed by atoms with Gasteiger partial charge < -0.3 is 19.7 Å². The van der Waals surface area contributed by atoms with Crippen LogP contribution in [0.2, 0.25) is 0 Å². The van der Waals surface area contributed by atoms with Crippen molar-refractivity contribution < 1.29 is 19.7 Å². The maximum absolute atomic E-state index is 9.91. The first-order valence-electron chi connectivity index (χ1n) is 4.01. The van der Waals surface area contributed by atoms with Gasteiger partial charge in [0.2, 0.25) is 0 Å². The van der Waals surface area contributed by atoms with Gasteiger partial charge in [0, 0.05) is 0 Å². The molecular formula is C7H11NO4. The van der Waals surface area contributed by atoms with E-state index >= 15 is 0 Å². The minimum Gasteiger partial charge on any atom is -0.383 e. The molecule has 1 spiro atoms. The molecular weight excluding hydrogens is 162 g/mol. The van der Waals surface area contributed by atoms with Gasteiger partial charge in [-0.25, -0.2) is 5.32 Å². The topological polar surface area (TPSA) is 87.5 Å². The lowest BCUT2D eigenvalue weighted by Crippen LogP contribution is -2.51. The molecule has 3 rings (SSSR count). The van der Waals surface area contributed by atoms with Crippen LogP contribution in [-0.2, 0) is 9.47 Å². The van der Waals surface area contributed by atoms with Gasteiger partial charge in [0.15, 0.2) is 11.4 Å². The summed E-state index contributed by atoms with van der Waals surface area (Å²) >= 11 is 0. The quantitative estimate of drug-likeness (QED) is 0.427. The highest BCUT2D eigenvalue weighted by molar-refractivity contribution is 5.30. The predicted octanol–water partition coefficient (Wildman–Crippen LogP) is -1.85. The van der Waals surface area contributed by atoms with E-state index in [4.69, 9.17) is 9.47 Å². The smallest absolute Gasteiger partial charge is 0.195 e. The molecule has 0 amide bonds. The molecule has 0 radical (unpaired) electrons. The number of hydrogen-bond acceptors (Lipinski definition) is 5. The Morgan fingerprint density at radius 3 is 2.58 bits per heavy atom. The second kappa shape index (κ2) is 1.56. The number of rotatable bonds is 2. The first-order chi connectivity index (χ1) is 5.52. The van der Waals surface area contributed by atoms with Crippen LogP contribution in [-0.4, -0.2) is 46.6 Å². The van der Waals surface area contributed by atoms with Crippen LogP contribution in [0.5, 0.6) is 0 Å². The van der Waals surface area contributed by atoms with Crippen LogP contribution in [0, 0.1) is 0 Å². The fourth-order valence-electron chi connectivity index (χ4n) is 1.76. The van der Waals surface area contributed by atoms with E-state index in [1.54, 1.807) is 6.92 Å². The van der Waals surface area contributed by atoms with Crippen LogP contribution in [0.25, 0.3) is 0 Å². The molecule has 3 heterocycles. The Bertz CT molecular complexity index is 243. The molecule has 0 aromatic rings. The van der Waals surface area contributed by atoms with E-state index in [9.17, 15) is 10.2 Å². The molecule has 3 saturated heterocycles. The zero-order valence-corrected chi connectivity index (χ0v) is 6.70. The third-order valence-corrected chi connectivity index (χ3v) is 3.03. The summed E-state index contributed by atoms with van der Waals surface area (Å²) in [7, 11) is 0. The number of nitrogens with one attached hydrogen (secondary N) is 1. The van der Waals surface area contributed by atoms with Gasteiger partial charge in [-0.15, -0.1) is 0 Å². The molecule has 0 aromatic carbocycles. The molecule has 0 aliphatic carbocycles. The maximum Gasteiger partial charge on any atom is 0.195 e. The van der Waals surface area contributed by atoms with E-state index in [1.807, 2.05) is 0 Å². The van der Waals surface area contributed by atoms with E-state index in [0.29, 0.717) is 13.2 Å². The van der Waals surface area contributed by atoms with Crippen molar-refractivity contribution in [1.82, 2.24) is 5.32 Å². The zero-order chi connectivity index (χ0) is 8.61. The Labute approximate surface area is 69.3 Å². The standard InChI is InChI=1S/C7H11NO4/c1-5(9,4-2-11-4)7(10)6(8-7)3-12-6/h4,8-10H,2-3H2,1H3. The molecule has 4 atom stereocenters. The van der Waals surface area contributed by atoms with Gasteiger partial charge in [0.05, 0.1) is 13.2 Å². The Morgan fingerprint density at radius 1 is 1.67 bits per heavy atom. The van der Waals surface area contributed by atoms with Crippen LogP contribution >= 0.6 is 0 Å². The molecule has 5 nitrogen and oxygen atoms in total. The first kappa shape index (κ1) is 7.23. The lowest BCUT2D eigenvalue weighted by atomic mass is 9.92. The summed E-state index contributed by atoms with van der Waals surface area (Å²) in [5, 5.41) is 22.6. The number of ether oxygens (including phenoxy) is 2. The van der Waals surface area contributed by atoms with Crippen molar-refractivity contribution in [3.63, 3.8) is 0 Å². The first-order valence-corrected chi connectivity index (χ1v) is 4.01. The normalized spacial score (nSPS) is 59.8. The SMILES string of the molecule is CC(O)(C1CO1)C1(O)NC12CO2. The van der Waals surface area contributed by atoms with E-state index in [2.05, 4.69) is 5.32 Å². The van der Waals surface area contributed by atoms with Crippen molar-refractivity contribution in [2.24, 2.45) is 0 Å². The highest BCUT2D eigenvalue weighted by atomic mass is 16.7. The number of hydrogen-bond donors (Lipinski definition) is 3. The maximum atomic E-state index is 9.91. The van der Waals surface area contributed by atoms with Crippen LogP contribution in [0.4, 0.5) is 0 Å². The van der Waals surface area contributed by atoms with Crippen molar-refractivity contribution in [3.8, 4) is 0 Å². The Morgan fingerprint density at radius 2 is 2.25 bits per heavy atom. The summed E-state index contributed by atoms with van der Waals surface area (Å²) in [4.78, 5) is 0. The van der Waals surface area contributed by atoms with Crippen molar-refractivity contribution in [3.05, 3.63) is 0 Å². The molecule has 3 aliphatic rings. The molecule has 3 N–H and O–H groups in total. The molecule has 68 valence electrons. The van der Waals surface area contributed by atoms with E-state index in [-0.39, 0.29) is 6.10 Å². The molecule has 12 heavy (non-hydrogen) atoms. The lowest BCUT2D eigenvalue weighted by molar-refractivity contribution is -0.109. The number of epoxide rings is 2. The van der Waals surface area contributed by atoms with Gasteiger partial charge in [-0.05, 0) is 6.92 Å². The third kappa shape index (κ3) is 0.592. The summed E-state index contributed by atoms with van der Waals surface area (Å²) in [6.45, 7) is 2.54.